The summed E-state index contributed by atoms with van der Waals surface area (Å²) in [5.74, 6) is -0.668. The van der Waals surface area contributed by atoms with Gasteiger partial charge in [-0.3, -0.25) is 30.6 Å². The van der Waals surface area contributed by atoms with Crippen molar-refractivity contribution >= 4 is 17.5 Å². The molecule has 2 amide bonds. The van der Waals surface area contributed by atoms with E-state index in [9.17, 15) is 19.7 Å². The molecule has 0 saturated heterocycles. The largest absolute Gasteiger partial charge is 0.484 e. The lowest BCUT2D eigenvalue weighted by atomic mass is 10.1. The average Bonchev–Trinajstić information content (AvgIpc) is 2.58. The topological polar surface area (TPSA) is 111 Å². The number of benzene rings is 2. The Labute approximate surface area is 143 Å². The van der Waals surface area contributed by atoms with Gasteiger partial charge in [0.1, 0.15) is 5.75 Å². The molecule has 8 nitrogen and oxygen atoms in total. The summed E-state index contributed by atoms with van der Waals surface area (Å²) in [5, 5.41) is 10.9. The molecule has 0 aliphatic heterocycles. The van der Waals surface area contributed by atoms with Gasteiger partial charge >= 0.3 is 0 Å². The van der Waals surface area contributed by atoms with E-state index >= 15 is 0 Å². The Bertz CT molecular complexity index is 820. The van der Waals surface area contributed by atoms with E-state index < -0.39 is 16.7 Å². The number of hydrazine groups is 1. The predicted molar refractivity (Wildman–Crippen MR) is 90.1 cm³/mol. The minimum atomic E-state index is -0.648. The third-order valence-corrected chi connectivity index (χ3v) is 3.42. The van der Waals surface area contributed by atoms with Gasteiger partial charge < -0.3 is 4.74 Å². The van der Waals surface area contributed by atoms with Crippen molar-refractivity contribution < 1.29 is 19.2 Å². The quantitative estimate of drug-likeness (QED) is 0.638. The number of hydrogen-bond donors (Lipinski definition) is 2. The fourth-order valence-corrected chi connectivity index (χ4v) is 2.15. The fourth-order valence-electron chi connectivity index (χ4n) is 2.15. The second-order valence-corrected chi connectivity index (χ2v) is 5.31. The van der Waals surface area contributed by atoms with Crippen molar-refractivity contribution in [1.82, 2.24) is 10.9 Å². The Kier molecular flexibility index (Phi) is 5.67. The minimum absolute atomic E-state index is 0.106. The van der Waals surface area contributed by atoms with Crippen molar-refractivity contribution in [2.24, 2.45) is 0 Å². The highest BCUT2D eigenvalue weighted by atomic mass is 16.6. The number of ether oxygens (including phenoxy) is 1. The molecule has 0 unspecified atom stereocenters. The second kappa shape index (κ2) is 7.91. The highest BCUT2D eigenvalue weighted by Gasteiger charge is 2.18. The molecule has 130 valence electrons. The number of hydrogen-bond acceptors (Lipinski definition) is 5. The van der Waals surface area contributed by atoms with Crippen LogP contribution in [0.15, 0.2) is 42.5 Å². The molecule has 8 heteroatoms. The molecule has 2 aromatic rings. The number of nitrogens with one attached hydrogen (secondary N) is 2. The van der Waals surface area contributed by atoms with Crippen LogP contribution in [0, 0.1) is 24.0 Å². The van der Waals surface area contributed by atoms with E-state index in [1.165, 1.54) is 25.1 Å². The Morgan fingerprint density at radius 3 is 2.52 bits per heavy atom. The Balaban J connectivity index is 1.90. The number of nitrogens with zero attached hydrogens (tertiary/aromatic N) is 1. The van der Waals surface area contributed by atoms with Gasteiger partial charge in [-0.15, -0.1) is 0 Å². The van der Waals surface area contributed by atoms with E-state index in [1.54, 1.807) is 18.2 Å². The smallest absolute Gasteiger partial charge is 0.276 e. The van der Waals surface area contributed by atoms with Gasteiger partial charge in [0.05, 0.1) is 10.5 Å². The van der Waals surface area contributed by atoms with E-state index in [2.05, 4.69) is 10.9 Å². The van der Waals surface area contributed by atoms with Gasteiger partial charge in [-0.1, -0.05) is 18.2 Å². The zero-order chi connectivity index (χ0) is 18.4. The van der Waals surface area contributed by atoms with Crippen LogP contribution in [0.25, 0.3) is 0 Å². The van der Waals surface area contributed by atoms with Crippen LogP contribution in [0.3, 0.4) is 0 Å². The SMILES string of the molecule is Cc1cccc(OCC(=O)NNC(=O)c2cccc([N+](=O)[O-])c2C)c1. The van der Waals surface area contributed by atoms with E-state index in [0.29, 0.717) is 5.75 Å². The van der Waals surface area contributed by atoms with Crippen LogP contribution in [0.4, 0.5) is 5.69 Å². The highest BCUT2D eigenvalue weighted by molar-refractivity contribution is 5.97. The zero-order valence-corrected chi connectivity index (χ0v) is 13.7. The fraction of sp³-hybridized carbons (Fsp3) is 0.176. The lowest BCUT2D eigenvalue weighted by Gasteiger charge is -2.10. The summed E-state index contributed by atoms with van der Waals surface area (Å²) in [7, 11) is 0. The first-order valence-electron chi connectivity index (χ1n) is 7.41. The maximum Gasteiger partial charge on any atom is 0.276 e. The first-order valence-corrected chi connectivity index (χ1v) is 7.41. The molecule has 0 aromatic heterocycles. The van der Waals surface area contributed by atoms with Crippen LogP contribution >= 0.6 is 0 Å². The minimum Gasteiger partial charge on any atom is -0.484 e. The Hall–Kier alpha value is -3.42. The molecule has 0 aliphatic carbocycles. The lowest BCUT2D eigenvalue weighted by Crippen LogP contribution is -2.44. The molecule has 0 heterocycles. The molecule has 0 saturated carbocycles. The molecule has 0 aliphatic rings. The summed E-state index contributed by atoms with van der Waals surface area (Å²) >= 11 is 0. The van der Waals surface area contributed by atoms with E-state index in [4.69, 9.17) is 4.74 Å². The molecule has 0 atom stereocenters. The number of amides is 2. The van der Waals surface area contributed by atoms with Crippen LogP contribution in [0.2, 0.25) is 0 Å². The standard InChI is InChI=1S/C17H17N3O5/c1-11-5-3-6-13(9-11)25-10-16(21)18-19-17(22)14-7-4-8-15(12(14)2)20(23)24/h3-9H,10H2,1-2H3,(H,18,21)(H,19,22). The van der Waals surface area contributed by atoms with Crippen LogP contribution < -0.4 is 15.6 Å². The Morgan fingerprint density at radius 1 is 1.12 bits per heavy atom. The average molecular weight is 343 g/mol. The third kappa shape index (κ3) is 4.77. The number of rotatable bonds is 5. The van der Waals surface area contributed by atoms with Gasteiger partial charge in [-0.05, 0) is 37.6 Å². The van der Waals surface area contributed by atoms with Crippen LogP contribution in [-0.4, -0.2) is 23.3 Å². The summed E-state index contributed by atoms with van der Waals surface area (Å²) in [6.45, 7) is 3.09. The van der Waals surface area contributed by atoms with Crippen LogP contribution in [-0.2, 0) is 4.79 Å². The number of aryl methyl sites for hydroxylation is 1. The molecule has 2 N–H and O–H groups in total. The number of nitro groups is 1. The van der Waals surface area contributed by atoms with Crippen molar-refractivity contribution in [2.75, 3.05) is 6.61 Å². The van der Waals surface area contributed by atoms with Gasteiger partial charge in [0, 0.05) is 11.6 Å². The monoisotopic (exact) mass is 343 g/mol. The molecule has 2 aromatic carbocycles. The van der Waals surface area contributed by atoms with Crippen molar-refractivity contribution in [3.8, 4) is 5.75 Å². The Morgan fingerprint density at radius 2 is 1.84 bits per heavy atom. The third-order valence-electron chi connectivity index (χ3n) is 3.42. The van der Waals surface area contributed by atoms with Crippen molar-refractivity contribution in [3.05, 3.63) is 69.3 Å². The summed E-state index contributed by atoms with van der Waals surface area (Å²) in [6.07, 6.45) is 0. The van der Waals surface area contributed by atoms with Crippen molar-refractivity contribution in [3.63, 3.8) is 0 Å². The van der Waals surface area contributed by atoms with Gasteiger partial charge in [-0.2, -0.15) is 0 Å². The molecule has 0 fully saturated rings. The summed E-state index contributed by atoms with van der Waals surface area (Å²) < 4.78 is 5.31. The first-order chi connectivity index (χ1) is 11.9. The second-order valence-electron chi connectivity index (χ2n) is 5.31. The predicted octanol–water partition coefficient (Wildman–Crippen LogP) is 2.05. The van der Waals surface area contributed by atoms with Crippen LogP contribution in [0.1, 0.15) is 21.5 Å². The first kappa shape index (κ1) is 17.9. The molecule has 0 spiro atoms. The lowest BCUT2D eigenvalue weighted by molar-refractivity contribution is -0.385. The van der Waals surface area contributed by atoms with Crippen LogP contribution in [0.5, 0.6) is 5.75 Å². The zero-order valence-electron chi connectivity index (χ0n) is 13.7. The van der Waals surface area contributed by atoms with Gasteiger partial charge in [-0.25, -0.2) is 0 Å². The highest BCUT2D eigenvalue weighted by Crippen LogP contribution is 2.20. The molecule has 0 bridgehead atoms. The molecular formula is C17H17N3O5. The van der Waals surface area contributed by atoms with Gasteiger partial charge in [0.15, 0.2) is 6.61 Å². The maximum atomic E-state index is 12.1. The summed E-state index contributed by atoms with van der Waals surface area (Å²) in [6, 6.07) is 11.3. The van der Waals surface area contributed by atoms with Crippen molar-refractivity contribution in [2.45, 2.75) is 13.8 Å². The molecule has 2 rings (SSSR count). The summed E-state index contributed by atoms with van der Waals surface area (Å²) in [4.78, 5) is 34.1. The van der Waals surface area contributed by atoms with Gasteiger partial charge in [0.25, 0.3) is 17.5 Å². The maximum absolute atomic E-state index is 12.1. The normalized spacial score (nSPS) is 10.0. The van der Waals surface area contributed by atoms with Gasteiger partial charge in [0.2, 0.25) is 0 Å². The number of carbonyl (C=O) groups is 2. The van der Waals surface area contributed by atoms with E-state index in [-0.39, 0.29) is 23.4 Å². The van der Waals surface area contributed by atoms with E-state index in [0.717, 1.165) is 5.56 Å². The van der Waals surface area contributed by atoms with Crippen molar-refractivity contribution in [1.29, 1.82) is 0 Å². The molecule has 25 heavy (non-hydrogen) atoms. The summed E-state index contributed by atoms with van der Waals surface area (Å²) in [5.41, 5.74) is 5.57. The molecular weight excluding hydrogens is 326 g/mol. The molecule has 0 radical (unpaired) electrons. The number of nitro benzene ring substituents is 1. The number of carbonyl (C=O) groups excluding carboxylic acids is 2. The van der Waals surface area contributed by atoms with E-state index in [1.807, 2.05) is 13.0 Å².